The summed E-state index contributed by atoms with van der Waals surface area (Å²) in [6, 6.07) is 9.37. The first-order valence-electron chi connectivity index (χ1n) is 5.77. The number of benzene rings is 1. The fraction of sp³-hybridized carbons (Fsp3) is 0.286. The number of carbonyl (C=O) groups excluding carboxylic acids is 2. The summed E-state index contributed by atoms with van der Waals surface area (Å²) in [5, 5.41) is 2.38. The van der Waals surface area contributed by atoms with Crippen LogP contribution in [0.25, 0.3) is 0 Å². The van der Waals surface area contributed by atoms with Crippen molar-refractivity contribution in [3.63, 3.8) is 0 Å². The number of rotatable bonds is 5. The summed E-state index contributed by atoms with van der Waals surface area (Å²) in [7, 11) is 0. The van der Waals surface area contributed by atoms with Gasteiger partial charge in [-0.05, 0) is 11.6 Å². The number of amides is 1. The summed E-state index contributed by atoms with van der Waals surface area (Å²) in [5.41, 5.74) is 0.912. The van der Waals surface area contributed by atoms with Crippen LogP contribution in [0.3, 0.4) is 0 Å². The van der Waals surface area contributed by atoms with E-state index in [0.717, 1.165) is 5.56 Å². The van der Waals surface area contributed by atoms with Gasteiger partial charge in [-0.25, -0.2) is 4.79 Å². The monoisotopic (exact) mass is 247 g/mol. The van der Waals surface area contributed by atoms with Crippen LogP contribution in [0.1, 0.15) is 19.4 Å². The molecule has 0 aliphatic heterocycles. The Labute approximate surface area is 107 Å². The normalized spacial score (nSPS) is 10.6. The summed E-state index contributed by atoms with van der Waals surface area (Å²) < 4.78 is 4.96. The van der Waals surface area contributed by atoms with Gasteiger partial charge >= 0.3 is 6.09 Å². The van der Waals surface area contributed by atoms with Gasteiger partial charge in [0.1, 0.15) is 6.61 Å². The minimum atomic E-state index is -0.577. The number of nitrogens with one attached hydrogen (secondary N) is 1. The van der Waals surface area contributed by atoms with Gasteiger partial charge in [0.05, 0.1) is 0 Å². The van der Waals surface area contributed by atoms with E-state index in [-0.39, 0.29) is 18.3 Å². The topological polar surface area (TPSA) is 55.4 Å². The number of ether oxygens (including phenoxy) is 1. The first-order valence-corrected chi connectivity index (χ1v) is 5.77. The lowest BCUT2D eigenvalue weighted by atomic mass is 10.1. The molecule has 0 atom stereocenters. The molecule has 1 amide bonds. The van der Waals surface area contributed by atoms with Gasteiger partial charge in [0, 0.05) is 12.1 Å². The summed E-state index contributed by atoms with van der Waals surface area (Å²) in [5.74, 6) is -0.123. The minimum Gasteiger partial charge on any atom is -0.444 e. The Balaban J connectivity index is 2.28. The smallest absolute Gasteiger partial charge is 0.411 e. The third-order valence-electron chi connectivity index (χ3n) is 2.23. The Morgan fingerprint density at radius 2 is 1.94 bits per heavy atom. The number of hydrogen-bond donors (Lipinski definition) is 1. The molecule has 1 aromatic carbocycles. The zero-order valence-electron chi connectivity index (χ0n) is 10.6. The van der Waals surface area contributed by atoms with Crippen molar-refractivity contribution in [3.05, 3.63) is 48.2 Å². The quantitative estimate of drug-likeness (QED) is 0.814. The van der Waals surface area contributed by atoms with Crippen LogP contribution in [0, 0.1) is 5.92 Å². The molecule has 0 fully saturated rings. The van der Waals surface area contributed by atoms with Crippen molar-refractivity contribution in [2.45, 2.75) is 20.5 Å². The van der Waals surface area contributed by atoms with E-state index >= 15 is 0 Å². The summed E-state index contributed by atoms with van der Waals surface area (Å²) >= 11 is 0. The van der Waals surface area contributed by atoms with Crippen molar-refractivity contribution in [1.29, 1.82) is 0 Å². The van der Waals surface area contributed by atoms with E-state index in [9.17, 15) is 9.59 Å². The van der Waals surface area contributed by atoms with Crippen LogP contribution in [0.4, 0.5) is 4.79 Å². The highest BCUT2D eigenvalue weighted by atomic mass is 16.5. The second-order valence-electron chi connectivity index (χ2n) is 4.10. The molecule has 0 aromatic heterocycles. The van der Waals surface area contributed by atoms with Crippen LogP contribution >= 0.6 is 0 Å². The van der Waals surface area contributed by atoms with Crippen molar-refractivity contribution in [2.75, 3.05) is 0 Å². The van der Waals surface area contributed by atoms with Gasteiger partial charge in [-0.1, -0.05) is 44.2 Å². The van der Waals surface area contributed by atoms with Gasteiger partial charge in [0.25, 0.3) is 0 Å². The van der Waals surface area contributed by atoms with Gasteiger partial charge in [-0.15, -0.1) is 0 Å². The molecule has 1 N–H and O–H groups in total. The predicted octanol–water partition coefficient (Wildman–Crippen LogP) is 2.65. The van der Waals surface area contributed by atoms with Gasteiger partial charge in [0.2, 0.25) is 0 Å². The average molecular weight is 247 g/mol. The Kier molecular flexibility index (Phi) is 5.64. The number of hydrogen-bond acceptors (Lipinski definition) is 3. The van der Waals surface area contributed by atoms with Gasteiger partial charge < -0.3 is 4.74 Å². The molecule has 18 heavy (non-hydrogen) atoms. The highest BCUT2D eigenvalue weighted by molar-refractivity contribution is 5.91. The number of allylic oxidation sites excluding steroid dienone is 1. The van der Waals surface area contributed by atoms with Crippen LogP contribution in [0.5, 0.6) is 0 Å². The van der Waals surface area contributed by atoms with E-state index in [0.29, 0.717) is 0 Å². The van der Waals surface area contributed by atoms with Crippen molar-refractivity contribution in [1.82, 2.24) is 5.32 Å². The summed E-state index contributed by atoms with van der Waals surface area (Å²) in [6.45, 7) is 3.79. The van der Waals surface area contributed by atoms with E-state index in [4.69, 9.17) is 4.74 Å². The molecule has 0 aliphatic carbocycles. The van der Waals surface area contributed by atoms with Gasteiger partial charge in [-0.3, -0.25) is 10.1 Å². The lowest BCUT2D eigenvalue weighted by molar-refractivity contribution is -0.117. The molecule has 0 aliphatic rings. The Morgan fingerprint density at radius 1 is 1.28 bits per heavy atom. The molecular formula is C14H17NO3. The molecule has 0 spiro atoms. The molecule has 0 unspecified atom stereocenters. The maximum Gasteiger partial charge on any atom is 0.411 e. The minimum absolute atomic E-state index is 0.0432. The molecule has 1 rings (SSSR count). The lowest BCUT2D eigenvalue weighted by Gasteiger charge is -2.04. The van der Waals surface area contributed by atoms with Gasteiger partial charge in [-0.2, -0.15) is 0 Å². The van der Waals surface area contributed by atoms with E-state index in [2.05, 4.69) is 5.32 Å². The summed E-state index contributed by atoms with van der Waals surface area (Å²) in [6.07, 6.45) is 2.05. The molecule has 0 saturated heterocycles. The van der Waals surface area contributed by atoms with E-state index < -0.39 is 6.09 Å². The van der Waals surface area contributed by atoms with Gasteiger partial charge in [0.15, 0.2) is 5.78 Å². The van der Waals surface area contributed by atoms with Crippen LogP contribution < -0.4 is 5.32 Å². The molecule has 4 nitrogen and oxygen atoms in total. The van der Waals surface area contributed by atoms with Crippen LogP contribution in [0.15, 0.2) is 42.6 Å². The van der Waals surface area contributed by atoms with Crippen LogP contribution in [0.2, 0.25) is 0 Å². The summed E-state index contributed by atoms with van der Waals surface area (Å²) in [4.78, 5) is 22.5. The second kappa shape index (κ2) is 7.27. The van der Waals surface area contributed by atoms with Crippen molar-refractivity contribution >= 4 is 11.9 Å². The van der Waals surface area contributed by atoms with E-state index in [1.807, 2.05) is 30.3 Å². The van der Waals surface area contributed by atoms with Crippen molar-refractivity contribution in [2.24, 2.45) is 5.92 Å². The highest BCUT2D eigenvalue weighted by Gasteiger charge is 2.03. The zero-order valence-corrected chi connectivity index (χ0v) is 10.6. The Hall–Kier alpha value is -2.10. The largest absolute Gasteiger partial charge is 0.444 e. The molecule has 0 saturated carbocycles. The fourth-order valence-electron chi connectivity index (χ4n) is 1.15. The number of alkyl carbamates (subject to hydrolysis) is 1. The van der Waals surface area contributed by atoms with Crippen LogP contribution in [-0.4, -0.2) is 11.9 Å². The molecule has 0 heterocycles. The first kappa shape index (κ1) is 14.0. The van der Waals surface area contributed by atoms with Crippen molar-refractivity contribution in [3.8, 4) is 0 Å². The predicted molar refractivity (Wildman–Crippen MR) is 68.7 cm³/mol. The number of ketones is 1. The van der Waals surface area contributed by atoms with Crippen LogP contribution in [-0.2, 0) is 16.1 Å². The Morgan fingerprint density at radius 3 is 2.56 bits per heavy atom. The molecular weight excluding hydrogens is 230 g/mol. The average Bonchev–Trinajstić information content (AvgIpc) is 2.37. The molecule has 0 bridgehead atoms. The molecule has 1 aromatic rings. The van der Waals surface area contributed by atoms with E-state index in [1.54, 1.807) is 13.8 Å². The first-order chi connectivity index (χ1) is 8.59. The standard InChI is InChI=1S/C14H17NO3/c1-11(2)13(16)8-9-15-14(17)18-10-12-6-4-3-5-7-12/h3-9,11H,10H2,1-2H3,(H,15,17)/b9-8-. The maximum absolute atomic E-state index is 11.3. The SMILES string of the molecule is CC(C)C(=O)/C=C\NC(=O)OCc1ccccc1. The number of carbonyl (C=O) groups is 2. The van der Waals surface area contributed by atoms with Crippen molar-refractivity contribution < 1.29 is 14.3 Å². The third-order valence-corrected chi connectivity index (χ3v) is 2.23. The molecule has 0 radical (unpaired) electrons. The maximum atomic E-state index is 11.3. The third kappa shape index (κ3) is 5.30. The molecule has 96 valence electrons. The Bertz CT molecular complexity index is 424. The molecule has 4 heteroatoms. The lowest BCUT2D eigenvalue weighted by Crippen LogP contribution is -2.19. The highest BCUT2D eigenvalue weighted by Crippen LogP contribution is 2.00. The van der Waals surface area contributed by atoms with E-state index in [1.165, 1.54) is 12.3 Å². The zero-order chi connectivity index (χ0) is 13.4. The second-order valence-corrected chi connectivity index (χ2v) is 4.10. The fourth-order valence-corrected chi connectivity index (χ4v) is 1.15.